The summed E-state index contributed by atoms with van der Waals surface area (Å²) in [6, 6.07) is 3.10. The second-order valence-electron chi connectivity index (χ2n) is 5.42. The van der Waals surface area contributed by atoms with E-state index in [1.807, 2.05) is 0 Å². The Balaban J connectivity index is 1.64. The van der Waals surface area contributed by atoms with Gasteiger partial charge < -0.3 is 11.1 Å². The molecule has 2 aliphatic carbocycles. The number of carbonyl (C=O) groups excluding carboxylic acids is 1. The first-order chi connectivity index (χ1) is 8.59. The molecule has 0 bridgehead atoms. The highest BCUT2D eigenvalue weighted by Gasteiger charge is 2.53. The van der Waals surface area contributed by atoms with Crippen molar-refractivity contribution in [1.29, 1.82) is 0 Å². The molecule has 0 unspecified atom stereocenters. The summed E-state index contributed by atoms with van der Waals surface area (Å²) in [5.74, 6) is 0.998. The minimum atomic E-state index is -0.113. The molecule has 2 saturated carbocycles. The number of amides is 1. The van der Waals surface area contributed by atoms with E-state index in [1.54, 1.807) is 12.1 Å². The van der Waals surface area contributed by atoms with E-state index < -0.39 is 0 Å². The maximum atomic E-state index is 12.0. The van der Waals surface area contributed by atoms with Crippen LogP contribution < -0.4 is 11.1 Å². The molecule has 1 heterocycles. The molecular weight excluding hydrogens is 250 g/mol. The van der Waals surface area contributed by atoms with Crippen molar-refractivity contribution in [2.24, 2.45) is 11.3 Å². The zero-order chi connectivity index (χ0) is 12.8. The van der Waals surface area contributed by atoms with Crippen molar-refractivity contribution in [3.63, 3.8) is 0 Å². The van der Waals surface area contributed by atoms with Crippen molar-refractivity contribution in [2.45, 2.75) is 25.7 Å². The summed E-state index contributed by atoms with van der Waals surface area (Å²) in [7, 11) is 0. The maximum absolute atomic E-state index is 12.0. The molecule has 3 N–H and O–H groups in total. The van der Waals surface area contributed by atoms with Gasteiger partial charge in [0.2, 0.25) is 0 Å². The van der Waals surface area contributed by atoms with Gasteiger partial charge in [0.05, 0.1) is 0 Å². The molecule has 0 aromatic carbocycles. The number of nitrogen functional groups attached to an aromatic ring is 1. The van der Waals surface area contributed by atoms with Gasteiger partial charge in [-0.25, -0.2) is 4.98 Å². The van der Waals surface area contributed by atoms with Crippen molar-refractivity contribution in [2.75, 3.05) is 12.3 Å². The number of rotatable bonds is 4. The Morgan fingerprint density at radius 3 is 2.78 bits per heavy atom. The van der Waals surface area contributed by atoms with Crippen LogP contribution in [-0.4, -0.2) is 17.4 Å². The van der Waals surface area contributed by atoms with Gasteiger partial charge in [0.1, 0.15) is 11.0 Å². The van der Waals surface area contributed by atoms with Crippen LogP contribution in [0.5, 0.6) is 0 Å². The maximum Gasteiger partial charge on any atom is 0.251 e. The van der Waals surface area contributed by atoms with Gasteiger partial charge in [-0.1, -0.05) is 11.6 Å². The van der Waals surface area contributed by atoms with Crippen molar-refractivity contribution in [1.82, 2.24) is 10.3 Å². The molecule has 0 aliphatic heterocycles. The Bertz CT molecular complexity index is 475. The number of nitrogens with zero attached hydrogens (tertiary/aromatic N) is 1. The molecule has 18 heavy (non-hydrogen) atoms. The molecule has 0 radical (unpaired) electrons. The summed E-state index contributed by atoms with van der Waals surface area (Å²) in [5, 5.41) is 3.25. The van der Waals surface area contributed by atoms with Crippen LogP contribution in [0.3, 0.4) is 0 Å². The number of pyridine rings is 1. The van der Waals surface area contributed by atoms with E-state index in [9.17, 15) is 4.79 Å². The van der Waals surface area contributed by atoms with Gasteiger partial charge in [-0.15, -0.1) is 0 Å². The van der Waals surface area contributed by atoms with Gasteiger partial charge in [-0.2, -0.15) is 0 Å². The second-order valence-corrected chi connectivity index (χ2v) is 5.81. The first-order valence-electron chi connectivity index (χ1n) is 6.30. The lowest BCUT2D eigenvalue weighted by Gasteiger charge is -2.15. The predicted octanol–water partition coefficient (Wildman–Crippen LogP) is 2.24. The van der Waals surface area contributed by atoms with Gasteiger partial charge in [0.15, 0.2) is 0 Å². The van der Waals surface area contributed by atoms with Crippen LogP contribution in [0.2, 0.25) is 5.15 Å². The lowest BCUT2D eigenvalue weighted by molar-refractivity contribution is 0.0942. The van der Waals surface area contributed by atoms with Gasteiger partial charge in [0, 0.05) is 12.1 Å². The van der Waals surface area contributed by atoms with Crippen LogP contribution >= 0.6 is 11.6 Å². The van der Waals surface area contributed by atoms with E-state index in [2.05, 4.69) is 10.3 Å². The van der Waals surface area contributed by atoms with E-state index in [0.29, 0.717) is 11.0 Å². The first-order valence-corrected chi connectivity index (χ1v) is 6.68. The van der Waals surface area contributed by atoms with E-state index in [0.717, 1.165) is 12.5 Å². The standard InChI is InChI=1S/C13H16ClN3O/c14-10-5-8(6-11(15)17-10)12(18)16-7-13(3-4-13)9-1-2-9/h5-6,9H,1-4,7H2,(H2,15,17)(H,16,18). The van der Waals surface area contributed by atoms with Crippen LogP contribution in [0, 0.1) is 11.3 Å². The molecule has 2 fully saturated rings. The molecule has 0 saturated heterocycles. The summed E-state index contributed by atoms with van der Waals surface area (Å²) in [6.07, 6.45) is 5.14. The Labute approximate surface area is 111 Å². The number of anilines is 1. The molecule has 2 aliphatic rings. The summed E-state index contributed by atoms with van der Waals surface area (Å²) < 4.78 is 0. The Morgan fingerprint density at radius 1 is 1.50 bits per heavy atom. The van der Waals surface area contributed by atoms with Crippen LogP contribution in [-0.2, 0) is 0 Å². The highest BCUT2D eigenvalue weighted by molar-refractivity contribution is 6.29. The molecule has 0 spiro atoms. The van der Waals surface area contributed by atoms with Crippen LogP contribution in [0.15, 0.2) is 12.1 Å². The van der Waals surface area contributed by atoms with Crippen LogP contribution in [0.4, 0.5) is 5.82 Å². The molecular formula is C13H16ClN3O. The topological polar surface area (TPSA) is 68.0 Å². The number of halogens is 1. The van der Waals surface area contributed by atoms with E-state index in [4.69, 9.17) is 17.3 Å². The van der Waals surface area contributed by atoms with Gasteiger partial charge in [-0.3, -0.25) is 4.79 Å². The molecule has 1 aromatic rings. The fourth-order valence-corrected chi connectivity index (χ4v) is 2.81. The van der Waals surface area contributed by atoms with E-state index in [-0.39, 0.29) is 16.9 Å². The number of aromatic nitrogens is 1. The van der Waals surface area contributed by atoms with Crippen molar-refractivity contribution in [3.05, 3.63) is 22.8 Å². The predicted molar refractivity (Wildman–Crippen MR) is 70.4 cm³/mol. The van der Waals surface area contributed by atoms with Crippen molar-refractivity contribution in [3.8, 4) is 0 Å². The zero-order valence-corrected chi connectivity index (χ0v) is 10.8. The molecule has 1 aromatic heterocycles. The minimum Gasteiger partial charge on any atom is -0.384 e. The number of carbonyl (C=O) groups is 1. The highest BCUT2D eigenvalue weighted by Crippen LogP contribution is 2.60. The Kier molecular flexibility index (Phi) is 2.70. The van der Waals surface area contributed by atoms with Crippen molar-refractivity contribution < 1.29 is 4.79 Å². The fourth-order valence-electron chi connectivity index (χ4n) is 2.59. The average molecular weight is 266 g/mol. The van der Waals surface area contributed by atoms with E-state index >= 15 is 0 Å². The third-order valence-corrected chi connectivity index (χ3v) is 4.21. The molecule has 1 amide bonds. The number of nitrogens with one attached hydrogen (secondary N) is 1. The monoisotopic (exact) mass is 265 g/mol. The summed E-state index contributed by atoms with van der Waals surface area (Å²) >= 11 is 5.79. The minimum absolute atomic E-state index is 0.113. The third-order valence-electron chi connectivity index (χ3n) is 4.01. The lowest BCUT2D eigenvalue weighted by atomic mass is 10.0. The summed E-state index contributed by atoms with van der Waals surface area (Å²) in [4.78, 5) is 15.9. The Morgan fingerprint density at radius 2 is 2.22 bits per heavy atom. The zero-order valence-electron chi connectivity index (χ0n) is 10.1. The van der Waals surface area contributed by atoms with Gasteiger partial charge in [0.25, 0.3) is 5.91 Å². The molecule has 3 rings (SSSR count). The first kappa shape index (κ1) is 11.8. The normalized spacial score (nSPS) is 20.5. The number of hydrogen-bond acceptors (Lipinski definition) is 3. The highest BCUT2D eigenvalue weighted by atomic mass is 35.5. The van der Waals surface area contributed by atoms with E-state index in [1.165, 1.54) is 25.7 Å². The summed E-state index contributed by atoms with van der Waals surface area (Å²) in [6.45, 7) is 0.774. The summed E-state index contributed by atoms with van der Waals surface area (Å²) in [5.41, 5.74) is 6.46. The molecule has 0 atom stereocenters. The van der Waals surface area contributed by atoms with Crippen LogP contribution in [0.25, 0.3) is 0 Å². The largest absolute Gasteiger partial charge is 0.384 e. The van der Waals surface area contributed by atoms with Crippen LogP contribution in [0.1, 0.15) is 36.0 Å². The molecule has 5 heteroatoms. The number of nitrogens with two attached hydrogens (primary N) is 1. The Hall–Kier alpha value is -1.29. The fraction of sp³-hybridized carbons (Fsp3) is 0.538. The third kappa shape index (κ3) is 2.29. The molecule has 96 valence electrons. The average Bonchev–Trinajstić information content (AvgIpc) is 3.15. The SMILES string of the molecule is Nc1cc(C(=O)NCC2(C3CC3)CC2)cc(Cl)n1. The lowest BCUT2D eigenvalue weighted by Crippen LogP contribution is -2.31. The number of hydrogen-bond donors (Lipinski definition) is 2. The smallest absolute Gasteiger partial charge is 0.251 e. The van der Waals surface area contributed by atoms with Gasteiger partial charge >= 0.3 is 0 Å². The van der Waals surface area contributed by atoms with Crippen molar-refractivity contribution >= 4 is 23.3 Å². The quantitative estimate of drug-likeness (QED) is 0.821. The second kappa shape index (κ2) is 4.12. The molecule has 4 nitrogen and oxygen atoms in total. The van der Waals surface area contributed by atoms with Gasteiger partial charge in [-0.05, 0) is 49.1 Å².